The molecule has 12 heteroatoms. The molecular weight excluding hydrogens is 713 g/mol. The lowest BCUT2D eigenvalue weighted by molar-refractivity contribution is -0.149. The standard InChI is InChI=1S/C43H66N6O5S/c1-9-13-14-16-25-49(43(53)39(32(11-3)12-4)47-41(52)36-19-15-17-24-48(36)8)37(29(5)6)27-38(54-30(7)50)42-46-35(28-55-42)40(51)45-34(18-10-2)26-31-20-22-33(44)23-21-31/h3,20-23,28-29,32,34,36-39H,9-10,12-19,24-27,44H2,1-2,4-8H3,(H,45,51)(H,47,52)/t32-,34+,36+,37+,38+,39-/m0/s1. The molecule has 55 heavy (non-hydrogen) atoms. The van der Waals surface area contributed by atoms with Gasteiger partial charge in [0.05, 0.1) is 6.04 Å². The minimum Gasteiger partial charge on any atom is -0.455 e. The number of aromatic nitrogens is 1. The number of nitrogen functional groups attached to an aromatic ring is 1. The van der Waals surface area contributed by atoms with E-state index in [1.807, 2.05) is 61.9 Å². The van der Waals surface area contributed by atoms with Gasteiger partial charge in [-0.1, -0.05) is 78.9 Å². The van der Waals surface area contributed by atoms with E-state index < -0.39 is 24.0 Å². The van der Waals surface area contributed by atoms with Crippen LogP contribution in [-0.4, -0.2) is 82.8 Å². The summed E-state index contributed by atoms with van der Waals surface area (Å²) >= 11 is 1.26. The number of esters is 1. The molecule has 0 spiro atoms. The molecule has 0 saturated carbocycles. The lowest BCUT2D eigenvalue weighted by atomic mass is 9.91. The maximum Gasteiger partial charge on any atom is 0.303 e. The van der Waals surface area contributed by atoms with Gasteiger partial charge in [-0.3, -0.25) is 24.1 Å². The Balaban J connectivity index is 1.92. The zero-order valence-electron chi connectivity index (χ0n) is 34.3. The number of hydrogen-bond donors (Lipinski definition) is 3. The van der Waals surface area contributed by atoms with Crippen LogP contribution in [0.3, 0.4) is 0 Å². The highest BCUT2D eigenvalue weighted by atomic mass is 32.1. The number of nitrogens with two attached hydrogens (primary N) is 1. The van der Waals surface area contributed by atoms with Crippen molar-refractivity contribution < 1.29 is 23.9 Å². The van der Waals surface area contributed by atoms with Crippen LogP contribution in [0.1, 0.15) is 139 Å². The Bertz CT molecular complexity index is 1560. The molecule has 0 bridgehead atoms. The normalized spacial score (nSPS) is 17.3. The van der Waals surface area contributed by atoms with Gasteiger partial charge in [-0.2, -0.15) is 0 Å². The Kier molecular flexibility index (Phi) is 19.2. The summed E-state index contributed by atoms with van der Waals surface area (Å²) in [4.78, 5) is 63.3. The van der Waals surface area contributed by atoms with Crippen LogP contribution in [-0.2, 0) is 25.5 Å². The van der Waals surface area contributed by atoms with Crippen LogP contribution in [0.15, 0.2) is 29.6 Å². The van der Waals surface area contributed by atoms with Crippen molar-refractivity contribution in [2.45, 2.75) is 149 Å². The number of piperidine rings is 1. The van der Waals surface area contributed by atoms with Gasteiger partial charge in [0.1, 0.15) is 16.7 Å². The van der Waals surface area contributed by atoms with Crippen molar-refractivity contribution in [3.05, 3.63) is 45.9 Å². The molecule has 304 valence electrons. The third-order valence-corrected chi connectivity index (χ3v) is 11.6. The second kappa shape index (κ2) is 23.2. The molecule has 0 aliphatic carbocycles. The molecule has 3 rings (SSSR count). The zero-order chi connectivity index (χ0) is 40.5. The summed E-state index contributed by atoms with van der Waals surface area (Å²) in [5.74, 6) is 1.06. The Morgan fingerprint density at radius 1 is 1.07 bits per heavy atom. The van der Waals surface area contributed by atoms with Gasteiger partial charge in [0.25, 0.3) is 5.91 Å². The van der Waals surface area contributed by atoms with Crippen molar-refractivity contribution in [2.24, 2.45) is 11.8 Å². The smallest absolute Gasteiger partial charge is 0.303 e. The number of hydrogen-bond acceptors (Lipinski definition) is 9. The number of carbonyl (C=O) groups is 4. The van der Waals surface area contributed by atoms with E-state index in [1.165, 1.54) is 18.3 Å². The number of carbonyl (C=O) groups excluding carboxylic acids is 4. The number of likely N-dealkylation sites (N-methyl/N-ethyl adjacent to an activating group) is 1. The number of unbranched alkanes of at least 4 members (excludes halogenated alkanes) is 3. The minimum absolute atomic E-state index is 0.0502. The summed E-state index contributed by atoms with van der Waals surface area (Å²) in [6, 6.07) is 5.94. The highest BCUT2D eigenvalue weighted by Crippen LogP contribution is 2.32. The number of nitrogens with one attached hydrogen (secondary N) is 2. The molecular formula is C43H66N6O5S. The van der Waals surface area contributed by atoms with E-state index in [0.29, 0.717) is 30.1 Å². The Morgan fingerprint density at radius 2 is 1.80 bits per heavy atom. The summed E-state index contributed by atoms with van der Waals surface area (Å²) in [5, 5.41) is 8.44. The fourth-order valence-electron chi connectivity index (χ4n) is 7.46. The molecule has 3 amide bonds. The maximum atomic E-state index is 14.9. The van der Waals surface area contributed by atoms with Gasteiger partial charge in [0, 0.05) is 49.0 Å². The van der Waals surface area contributed by atoms with Crippen molar-refractivity contribution in [2.75, 3.05) is 25.9 Å². The summed E-state index contributed by atoms with van der Waals surface area (Å²) < 4.78 is 5.92. The zero-order valence-corrected chi connectivity index (χ0v) is 35.1. The maximum absolute atomic E-state index is 14.9. The van der Waals surface area contributed by atoms with Gasteiger partial charge in [0.15, 0.2) is 6.10 Å². The number of nitrogens with zero attached hydrogens (tertiary/aromatic N) is 3. The van der Waals surface area contributed by atoms with E-state index in [4.69, 9.17) is 21.9 Å². The molecule has 11 nitrogen and oxygen atoms in total. The lowest BCUT2D eigenvalue weighted by Crippen LogP contribution is -2.59. The fourth-order valence-corrected chi connectivity index (χ4v) is 8.30. The quantitative estimate of drug-likeness (QED) is 0.0506. The van der Waals surface area contributed by atoms with Crippen molar-refractivity contribution in [1.29, 1.82) is 0 Å². The van der Waals surface area contributed by atoms with Crippen LogP contribution in [0.2, 0.25) is 0 Å². The van der Waals surface area contributed by atoms with E-state index in [0.717, 1.165) is 69.9 Å². The van der Waals surface area contributed by atoms with Gasteiger partial charge >= 0.3 is 5.97 Å². The first-order valence-electron chi connectivity index (χ1n) is 20.4. The number of terminal acetylenes is 1. The average Bonchev–Trinajstić information content (AvgIpc) is 3.65. The molecule has 1 aromatic heterocycles. The SMILES string of the molecule is C#C[C@@H](CC)[C@H](NC(=O)[C@H]1CCCCN1C)C(=O)N(CCCCCC)[C@H](C[C@@H](OC(C)=O)c1nc(C(=O)N[C@H](CCC)Cc2ccc(N)cc2)cs1)C(C)C. The molecule has 6 atom stereocenters. The number of amides is 3. The summed E-state index contributed by atoms with van der Waals surface area (Å²) in [6.07, 6.45) is 14.8. The highest BCUT2D eigenvalue weighted by Gasteiger charge is 2.39. The van der Waals surface area contributed by atoms with Crippen molar-refractivity contribution in [3.8, 4) is 12.3 Å². The van der Waals surface area contributed by atoms with Gasteiger partial charge in [-0.15, -0.1) is 23.7 Å². The topological polar surface area (TPSA) is 147 Å². The molecule has 0 radical (unpaired) electrons. The molecule has 0 unspecified atom stereocenters. The molecule has 1 aromatic carbocycles. The summed E-state index contributed by atoms with van der Waals surface area (Å²) in [7, 11) is 1.95. The molecule has 1 aliphatic rings. The van der Waals surface area contributed by atoms with Crippen LogP contribution in [0.5, 0.6) is 0 Å². The number of benzene rings is 1. The first-order valence-corrected chi connectivity index (χ1v) is 21.3. The van der Waals surface area contributed by atoms with Gasteiger partial charge in [-0.05, 0) is 75.7 Å². The van der Waals surface area contributed by atoms with Crippen molar-refractivity contribution in [1.82, 2.24) is 25.4 Å². The third kappa shape index (κ3) is 13.9. The number of likely N-dealkylation sites (tertiary alicyclic amines) is 1. The Hall–Kier alpha value is -3.95. The van der Waals surface area contributed by atoms with Crippen molar-refractivity contribution >= 4 is 40.7 Å². The molecule has 1 aliphatic heterocycles. The molecule has 1 saturated heterocycles. The first kappa shape index (κ1) is 45.4. The lowest BCUT2D eigenvalue weighted by Gasteiger charge is -2.40. The van der Waals surface area contributed by atoms with Crippen LogP contribution in [0.4, 0.5) is 5.69 Å². The van der Waals surface area contributed by atoms with Crippen LogP contribution in [0.25, 0.3) is 0 Å². The van der Waals surface area contributed by atoms with Crippen LogP contribution < -0.4 is 16.4 Å². The fraction of sp³-hybridized carbons (Fsp3) is 0.651. The van der Waals surface area contributed by atoms with E-state index in [1.54, 1.807) is 5.38 Å². The van der Waals surface area contributed by atoms with Crippen LogP contribution >= 0.6 is 11.3 Å². The van der Waals surface area contributed by atoms with Gasteiger partial charge in [-0.25, -0.2) is 4.98 Å². The number of ether oxygens (including phenoxy) is 1. The van der Waals surface area contributed by atoms with Crippen molar-refractivity contribution in [3.63, 3.8) is 0 Å². The predicted octanol–water partition coefficient (Wildman–Crippen LogP) is 6.92. The number of anilines is 1. The minimum atomic E-state index is -0.906. The molecule has 4 N–H and O–H groups in total. The highest BCUT2D eigenvalue weighted by molar-refractivity contribution is 7.09. The Morgan fingerprint density at radius 3 is 2.40 bits per heavy atom. The summed E-state index contributed by atoms with van der Waals surface area (Å²) in [5.41, 5.74) is 7.88. The van der Waals surface area contributed by atoms with E-state index in [9.17, 15) is 19.2 Å². The third-order valence-electron chi connectivity index (χ3n) is 10.6. The largest absolute Gasteiger partial charge is 0.455 e. The number of rotatable bonds is 22. The van der Waals surface area contributed by atoms with E-state index in [-0.39, 0.29) is 53.9 Å². The first-order chi connectivity index (χ1) is 26.3. The Labute approximate surface area is 333 Å². The predicted molar refractivity (Wildman–Crippen MR) is 221 cm³/mol. The molecule has 1 fully saturated rings. The molecule has 2 heterocycles. The second-order valence-electron chi connectivity index (χ2n) is 15.4. The monoisotopic (exact) mass is 778 g/mol. The van der Waals surface area contributed by atoms with E-state index in [2.05, 4.69) is 30.4 Å². The average molecular weight is 779 g/mol. The van der Waals surface area contributed by atoms with Gasteiger partial charge in [0.2, 0.25) is 11.8 Å². The second-order valence-corrected chi connectivity index (χ2v) is 16.3. The molecule has 2 aromatic rings. The number of thiazole rings is 1. The summed E-state index contributed by atoms with van der Waals surface area (Å²) in [6.45, 7) is 12.9. The van der Waals surface area contributed by atoms with Gasteiger partial charge < -0.3 is 26.0 Å². The van der Waals surface area contributed by atoms with E-state index >= 15 is 0 Å². The van der Waals surface area contributed by atoms with Crippen LogP contribution in [0, 0.1) is 24.2 Å².